The highest BCUT2D eigenvalue weighted by Crippen LogP contribution is 2.22. The van der Waals surface area contributed by atoms with Crippen molar-refractivity contribution < 1.29 is 8.85 Å². The van der Waals surface area contributed by atoms with Gasteiger partial charge in [-0.25, -0.2) is 0 Å². The fourth-order valence-electron chi connectivity index (χ4n) is 2.04. The molecule has 16 heavy (non-hydrogen) atoms. The molecule has 0 aliphatic carbocycles. The van der Waals surface area contributed by atoms with Crippen LogP contribution in [0.15, 0.2) is 0 Å². The second kappa shape index (κ2) is 9.16. The molecule has 98 valence electrons. The van der Waals surface area contributed by atoms with Crippen molar-refractivity contribution in [1.29, 1.82) is 0 Å². The van der Waals surface area contributed by atoms with Crippen LogP contribution in [0, 0.1) is 0 Å². The van der Waals surface area contributed by atoms with Crippen LogP contribution < -0.4 is 5.32 Å². The van der Waals surface area contributed by atoms with Crippen LogP contribution in [0.2, 0.25) is 12.1 Å². The topological polar surface area (TPSA) is 30.5 Å². The highest BCUT2D eigenvalue weighted by Gasteiger charge is 2.34. The smallest absolute Gasteiger partial charge is 0.337 e. The van der Waals surface area contributed by atoms with Crippen molar-refractivity contribution in [2.24, 2.45) is 0 Å². The Hall–Kier alpha value is 0.0969. The van der Waals surface area contributed by atoms with E-state index in [2.05, 4.69) is 33.0 Å². The molecule has 0 saturated heterocycles. The highest BCUT2D eigenvalue weighted by atomic mass is 28.4. The number of nitrogens with one attached hydrogen (secondary N) is 1. The average molecular weight is 247 g/mol. The lowest BCUT2D eigenvalue weighted by atomic mass is 10.2. The molecule has 0 aromatic rings. The summed E-state index contributed by atoms with van der Waals surface area (Å²) in [5, 5.41) is 3.34. The van der Waals surface area contributed by atoms with Crippen LogP contribution in [-0.2, 0) is 8.85 Å². The van der Waals surface area contributed by atoms with Gasteiger partial charge < -0.3 is 14.2 Å². The third-order valence-electron chi connectivity index (χ3n) is 3.13. The Kier molecular flexibility index (Phi) is 9.22. The maximum absolute atomic E-state index is 5.95. The maximum atomic E-state index is 5.95. The SMILES string of the molecule is CCO[Si](CC)(CCC(CC)NC)OCC. The first-order chi connectivity index (χ1) is 7.67. The summed E-state index contributed by atoms with van der Waals surface area (Å²) in [6, 6.07) is 2.75. The van der Waals surface area contributed by atoms with E-state index in [9.17, 15) is 0 Å². The minimum absolute atomic E-state index is 0.597. The Balaban J connectivity index is 4.27. The summed E-state index contributed by atoms with van der Waals surface area (Å²) in [6.07, 6.45) is 2.33. The summed E-state index contributed by atoms with van der Waals surface area (Å²) in [5.74, 6) is 0. The van der Waals surface area contributed by atoms with E-state index in [1.165, 1.54) is 6.42 Å². The molecule has 0 fully saturated rings. The van der Waals surface area contributed by atoms with Crippen molar-refractivity contribution in [2.75, 3.05) is 20.3 Å². The van der Waals surface area contributed by atoms with E-state index in [4.69, 9.17) is 8.85 Å². The molecule has 0 radical (unpaired) electrons. The molecule has 3 nitrogen and oxygen atoms in total. The van der Waals surface area contributed by atoms with E-state index in [1.807, 2.05) is 7.05 Å². The predicted octanol–water partition coefficient (Wildman–Crippen LogP) is 2.91. The fraction of sp³-hybridized carbons (Fsp3) is 1.00. The van der Waals surface area contributed by atoms with Crippen LogP contribution in [0.4, 0.5) is 0 Å². The summed E-state index contributed by atoms with van der Waals surface area (Å²) in [4.78, 5) is 0. The Bertz CT molecular complexity index is 157. The third-order valence-corrected chi connectivity index (χ3v) is 6.89. The Morgan fingerprint density at radius 2 is 1.62 bits per heavy atom. The van der Waals surface area contributed by atoms with Crippen molar-refractivity contribution in [3.63, 3.8) is 0 Å². The van der Waals surface area contributed by atoms with E-state index in [-0.39, 0.29) is 0 Å². The van der Waals surface area contributed by atoms with Gasteiger partial charge in [0.25, 0.3) is 0 Å². The zero-order valence-electron chi connectivity index (χ0n) is 11.6. The van der Waals surface area contributed by atoms with Crippen LogP contribution in [0.3, 0.4) is 0 Å². The monoisotopic (exact) mass is 247 g/mol. The Morgan fingerprint density at radius 3 is 1.94 bits per heavy atom. The van der Waals surface area contributed by atoms with Crippen LogP contribution in [-0.4, -0.2) is 34.9 Å². The van der Waals surface area contributed by atoms with Crippen molar-refractivity contribution in [3.8, 4) is 0 Å². The van der Waals surface area contributed by atoms with Gasteiger partial charge in [0.1, 0.15) is 0 Å². The van der Waals surface area contributed by atoms with Crippen molar-refractivity contribution >= 4 is 8.56 Å². The van der Waals surface area contributed by atoms with Crippen molar-refractivity contribution in [2.45, 2.75) is 58.7 Å². The molecule has 1 unspecified atom stereocenters. The zero-order valence-corrected chi connectivity index (χ0v) is 12.6. The molecule has 1 N–H and O–H groups in total. The molecule has 0 aliphatic rings. The van der Waals surface area contributed by atoms with Crippen molar-refractivity contribution in [3.05, 3.63) is 0 Å². The van der Waals surface area contributed by atoms with Gasteiger partial charge in [0.15, 0.2) is 0 Å². The van der Waals surface area contributed by atoms with Crippen LogP contribution in [0.5, 0.6) is 0 Å². The molecule has 0 spiro atoms. The van der Waals surface area contributed by atoms with Gasteiger partial charge in [0.2, 0.25) is 0 Å². The van der Waals surface area contributed by atoms with Crippen LogP contribution in [0.1, 0.15) is 40.5 Å². The second-order valence-electron chi connectivity index (χ2n) is 4.06. The minimum atomic E-state index is -1.90. The molecule has 0 bridgehead atoms. The van der Waals surface area contributed by atoms with Gasteiger partial charge in [-0.15, -0.1) is 0 Å². The summed E-state index contributed by atoms with van der Waals surface area (Å²) >= 11 is 0. The van der Waals surface area contributed by atoms with Gasteiger partial charge in [-0.3, -0.25) is 0 Å². The lowest BCUT2D eigenvalue weighted by Crippen LogP contribution is -2.43. The van der Waals surface area contributed by atoms with Gasteiger partial charge in [0.05, 0.1) is 0 Å². The number of hydrogen-bond donors (Lipinski definition) is 1. The van der Waals surface area contributed by atoms with Crippen molar-refractivity contribution in [1.82, 2.24) is 5.32 Å². The molecule has 0 amide bonds. The standard InChI is InChI=1S/C12H29NO2Si/c1-6-12(13-5)10-11-16(9-4,14-7-2)15-8-3/h12-13H,6-11H2,1-5H3. The third kappa shape index (κ3) is 5.43. The molecular weight excluding hydrogens is 218 g/mol. The van der Waals surface area contributed by atoms with E-state index >= 15 is 0 Å². The van der Waals surface area contributed by atoms with E-state index in [0.29, 0.717) is 6.04 Å². The normalized spacial score (nSPS) is 14.1. The lowest BCUT2D eigenvalue weighted by Gasteiger charge is -2.30. The summed E-state index contributed by atoms with van der Waals surface area (Å²) in [5.41, 5.74) is 0. The number of rotatable bonds is 10. The van der Waals surface area contributed by atoms with Crippen LogP contribution >= 0.6 is 0 Å². The Labute approximate surface area is 102 Å². The van der Waals surface area contributed by atoms with Gasteiger partial charge in [-0.2, -0.15) is 0 Å². The largest absolute Gasteiger partial charge is 0.394 e. The first-order valence-electron chi connectivity index (χ1n) is 6.63. The lowest BCUT2D eigenvalue weighted by molar-refractivity contribution is 0.181. The van der Waals surface area contributed by atoms with Gasteiger partial charge in [-0.05, 0) is 45.8 Å². The van der Waals surface area contributed by atoms with E-state index in [1.54, 1.807) is 0 Å². The summed E-state index contributed by atoms with van der Waals surface area (Å²) in [6.45, 7) is 10.1. The maximum Gasteiger partial charge on any atom is 0.337 e. The quantitative estimate of drug-likeness (QED) is 0.602. The molecule has 0 aromatic heterocycles. The molecule has 4 heteroatoms. The Morgan fingerprint density at radius 1 is 1.06 bits per heavy atom. The molecule has 0 heterocycles. The summed E-state index contributed by atoms with van der Waals surface area (Å²) in [7, 11) is 0.128. The first kappa shape index (κ1) is 16.1. The van der Waals surface area contributed by atoms with Crippen LogP contribution in [0.25, 0.3) is 0 Å². The molecule has 0 saturated carbocycles. The fourth-order valence-corrected chi connectivity index (χ4v) is 5.01. The number of hydrogen-bond acceptors (Lipinski definition) is 3. The van der Waals surface area contributed by atoms with E-state index in [0.717, 1.165) is 31.7 Å². The zero-order chi connectivity index (χ0) is 12.4. The molecular formula is C12H29NO2Si. The van der Waals surface area contributed by atoms with Gasteiger partial charge in [0, 0.05) is 19.3 Å². The molecule has 0 aromatic carbocycles. The summed E-state index contributed by atoms with van der Waals surface area (Å²) < 4.78 is 11.9. The van der Waals surface area contributed by atoms with Gasteiger partial charge in [-0.1, -0.05) is 13.8 Å². The molecule has 1 atom stereocenters. The second-order valence-corrected chi connectivity index (χ2v) is 7.67. The first-order valence-corrected chi connectivity index (χ1v) is 8.86. The van der Waals surface area contributed by atoms with E-state index < -0.39 is 8.56 Å². The molecule has 0 aliphatic heterocycles. The highest BCUT2D eigenvalue weighted by molar-refractivity contribution is 6.67. The molecule has 0 rings (SSSR count). The average Bonchev–Trinajstić information content (AvgIpc) is 2.30. The minimum Gasteiger partial charge on any atom is -0.394 e. The predicted molar refractivity (Wildman–Crippen MR) is 72.0 cm³/mol. The van der Waals surface area contributed by atoms with Gasteiger partial charge >= 0.3 is 8.56 Å².